The molecule has 0 spiro atoms. The molecule has 3 aromatic carbocycles. The summed E-state index contributed by atoms with van der Waals surface area (Å²) in [4.78, 5) is 0.949. The van der Waals surface area contributed by atoms with Crippen molar-refractivity contribution in [1.82, 2.24) is 0 Å². The van der Waals surface area contributed by atoms with Crippen molar-refractivity contribution in [3.05, 3.63) is 91.0 Å². The van der Waals surface area contributed by atoms with E-state index in [1.54, 1.807) is 0 Å². The Bertz CT molecular complexity index is 869. The molecule has 3 rings (SSSR count). The van der Waals surface area contributed by atoms with Crippen LogP contribution in [0.1, 0.15) is 6.92 Å². The number of benzene rings is 3. The molecular weight excluding hydrogens is 431 g/mol. The summed E-state index contributed by atoms with van der Waals surface area (Å²) in [7, 11) is -2.78. The summed E-state index contributed by atoms with van der Waals surface area (Å²) in [5.74, 6) is 0. The number of rotatable bonds is 7. The Hall–Kier alpha value is -1.45. The molecule has 0 aliphatic rings. The molecule has 0 aliphatic heterocycles. The Balaban J connectivity index is 1.97. The Morgan fingerprint density at radius 1 is 0.778 bits per heavy atom. The SMILES string of the molecule is C[C@H](C([Se]c1ccccc1)S(=O)c1ccccc1)[Si](C)(C)c1ccccc1. The number of hydrogen-bond donors (Lipinski definition) is 0. The average Bonchev–Trinajstić information content (AvgIpc) is 2.73. The zero-order valence-corrected chi connectivity index (χ0v) is 19.6. The fourth-order valence-electron chi connectivity index (χ4n) is 3.12. The van der Waals surface area contributed by atoms with Gasteiger partial charge in [-0.05, 0) is 0 Å². The van der Waals surface area contributed by atoms with Gasteiger partial charge in [-0.25, -0.2) is 0 Å². The molecule has 4 heteroatoms. The van der Waals surface area contributed by atoms with E-state index in [2.05, 4.69) is 80.7 Å². The molecular formula is C23H26OSSeSi. The van der Waals surface area contributed by atoms with Gasteiger partial charge >= 0.3 is 173 Å². The summed E-state index contributed by atoms with van der Waals surface area (Å²) < 4.78 is 15.1. The zero-order chi connectivity index (χ0) is 19.3. The fourth-order valence-corrected chi connectivity index (χ4v) is 13.9. The molecule has 0 bridgehead atoms. The van der Waals surface area contributed by atoms with Crippen molar-refractivity contribution in [2.45, 2.75) is 34.6 Å². The predicted octanol–water partition coefficient (Wildman–Crippen LogP) is 4.16. The monoisotopic (exact) mass is 458 g/mol. The van der Waals surface area contributed by atoms with Crippen LogP contribution in [-0.4, -0.2) is 31.4 Å². The molecule has 0 radical (unpaired) electrons. The van der Waals surface area contributed by atoms with Crippen LogP contribution in [-0.2, 0) is 10.8 Å². The first-order chi connectivity index (χ1) is 13.0. The van der Waals surface area contributed by atoms with Crippen LogP contribution in [0.4, 0.5) is 0 Å². The summed E-state index contributed by atoms with van der Waals surface area (Å²) in [6.07, 6.45) is 0. The van der Waals surface area contributed by atoms with Gasteiger partial charge in [0.1, 0.15) is 0 Å². The molecule has 3 atom stereocenters. The van der Waals surface area contributed by atoms with Crippen molar-refractivity contribution >= 4 is 43.5 Å². The molecule has 140 valence electrons. The van der Waals surface area contributed by atoms with E-state index >= 15 is 0 Å². The predicted molar refractivity (Wildman–Crippen MR) is 121 cm³/mol. The minimum atomic E-state index is -1.77. The third-order valence-electron chi connectivity index (χ3n) is 5.25. The second-order valence-electron chi connectivity index (χ2n) is 7.29. The number of hydrogen-bond acceptors (Lipinski definition) is 1. The van der Waals surface area contributed by atoms with E-state index < -0.39 is 18.9 Å². The molecule has 27 heavy (non-hydrogen) atoms. The Labute approximate surface area is 172 Å². The first-order valence-corrected chi connectivity index (χ1v) is 15.4. The summed E-state index contributed by atoms with van der Waals surface area (Å²) in [6.45, 7) is 7.17. The molecule has 0 aromatic heterocycles. The van der Waals surface area contributed by atoms with Crippen molar-refractivity contribution in [3.8, 4) is 0 Å². The van der Waals surface area contributed by atoms with Crippen LogP contribution in [0.15, 0.2) is 95.9 Å². The van der Waals surface area contributed by atoms with Gasteiger partial charge in [0.15, 0.2) is 0 Å². The second kappa shape index (κ2) is 9.16. The van der Waals surface area contributed by atoms with E-state index in [0.29, 0.717) is 5.54 Å². The van der Waals surface area contributed by atoms with Gasteiger partial charge in [0.05, 0.1) is 0 Å². The van der Waals surface area contributed by atoms with Gasteiger partial charge in [-0.2, -0.15) is 0 Å². The molecule has 0 amide bonds. The van der Waals surface area contributed by atoms with Crippen LogP contribution in [0.25, 0.3) is 0 Å². The van der Waals surface area contributed by atoms with E-state index in [1.807, 2.05) is 30.3 Å². The van der Waals surface area contributed by atoms with Crippen LogP contribution in [0.5, 0.6) is 0 Å². The summed E-state index contributed by atoms with van der Waals surface area (Å²) in [6, 6.07) is 31.4. The maximum atomic E-state index is 13.6. The van der Waals surface area contributed by atoms with Crippen molar-refractivity contribution in [3.63, 3.8) is 0 Å². The summed E-state index contributed by atoms with van der Waals surface area (Å²) in [5, 5.41) is 1.44. The molecule has 0 aliphatic carbocycles. The van der Waals surface area contributed by atoms with Crippen LogP contribution in [0, 0.1) is 0 Å². The maximum absolute atomic E-state index is 13.6. The van der Waals surface area contributed by atoms with Crippen molar-refractivity contribution < 1.29 is 4.21 Å². The first-order valence-electron chi connectivity index (χ1n) is 9.23. The third-order valence-corrected chi connectivity index (χ3v) is 16.1. The molecule has 3 aromatic rings. The molecule has 0 saturated heterocycles. The minimum absolute atomic E-state index is 0.153. The van der Waals surface area contributed by atoms with Crippen molar-refractivity contribution in [1.29, 1.82) is 0 Å². The van der Waals surface area contributed by atoms with Crippen LogP contribution in [0.3, 0.4) is 0 Å². The van der Waals surface area contributed by atoms with Gasteiger partial charge in [0, 0.05) is 0 Å². The van der Waals surface area contributed by atoms with Gasteiger partial charge in [-0.1, -0.05) is 0 Å². The van der Waals surface area contributed by atoms with E-state index in [-0.39, 0.29) is 19.1 Å². The van der Waals surface area contributed by atoms with E-state index in [4.69, 9.17) is 0 Å². The van der Waals surface area contributed by atoms with E-state index in [9.17, 15) is 4.21 Å². The van der Waals surface area contributed by atoms with Crippen LogP contribution >= 0.6 is 0 Å². The van der Waals surface area contributed by atoms with Gasteiger partial charge in [-0.15, -0.1) is 0 Å². The van der Waals surface area contributed by atoms with Crippen molar-refractivity contribution in [2.75, 3.05) is 0 Å². The van der Waals surface area contributed by atoms with Crippen LogP contribution in [0.2, 0.25) is 18.6 Å². The molecule has 0 N–H and O–H groups in total. The zero-order valence-electron chi connectivity index (χ0n) is 16.0. The van der Waals surface area contributed by atoms with E-state index in [1.165, 1.54) is 9.65 Å². The van der Waals surface area contributed by atoms with Crippen molar-refractivity contribution in [2.24, 2.45) is 0 Å². The molecule has 0 fully saturated rings. The summed E-state index contributed by atoms with van der Waals surface area (Å²) in [5.41, 5.74) is 0.404. The van der Waals surface area contributed by atoms with Crippen LogP contribution < -0.4 is 9.65 Å². The molecule has 2 unspecified atom stereocenters. The quantitative estimate of drug-likeness (QED) is 0.487. The average molecular weight is 458 g/mol. The first kappa shape index (κ1) is 20.3. The third kappa shape index (κ3) is 4.88. The Morgan fingerprint density at radius 3 is 1.81 bits per heavy atom. The van der Waals surface area contributed by atoms with Gasteiger partial charge in [0.2, 0.25) is 0 Å². The normalized spacial score (nSPS) is 15.1. The van der Waals surface area contributed by atoms with Gasteiger partial charge in [-0.3, -0.25) is 0 Å². The standard InChI is InChI=1S/C23H26OSSeSi/c1-19(27(2,3)22-17-11-6-12-18-22)23(26-21-15-9-5-10-16-21)25(24)20-13-7-4-8-14-20/h4-19,23H,1-3H3/t19-,23?,25?/m1/s1. The van der Waals surface area contributed by atoms with E-state index in [0.717, 1.165) is 4.90 Å². The van der Waals surface area contributed by atoms with Gasteiger partial charge in [0.25, 0.3) is 0 Å². The molecule has 1 nitrogen and oxygen atoms in total. The summed E-state index contributed by atoms with van der Waals surface area (Å²) >= 11 is 0.153. The molecule has 0 heterocycles. The topological polar surface area (TPSA) is 17.1 Å². The van der Waals surface area contributed by atoms with Gasteiger partial charge < -0.3 is 0 Å². The molecule has 0 saturated carbocycles. The second-order valence-corrected chi connectivity index (χ2v) is 17.0. The Morgan fingerprint density at radius 2 is 1.26 bits per heavy atom. The fraction of sp³-hybridized carbons (Fsp3) is 0.217. The Kier molecular flexibility index (Phi) is 6.88.